The predicted octanol–water partition coefficient (Wildman–Crippen LogP) is 3.41. The lowest BCUT2D eigenvalue weighted by Gasteiger charge is -2.39. The number of fused-ring (bicyclic) bond motifs is 1. The second-order valence-electron chi connectivity index (χ2n) is 7.35. The van der Waals surface area contributed by atoms with E-state index in [1.165, 1.54) is 23.5 Å². The summed E-state index contributed by atoms with van der Waals surface area (Å²) in [6, 6.07) is 11.7. The number of carbonyl (C=O) groups excluding carboxylic acids is 1. The van der Waals surface area contributed by atoms with Gasteiger partial charge in [0.2, 0.25) is 0 Å². The number of anilines is 2. The fraction of sp³-hybridized carbons (Fsp3) is 0.261. The Morgan fingerprint density at radius 3 is 2.90 bits per heavy atom. The van der Waals surface area contributed by atoms with Crippen LogP contribution in [-0.4, -0.2) is 53.6 Å². The summed E-state index contributed by atoms with van der Waals surface area (Å²) in [5, 5.41) is 2.24. The highest BCUT2D eigenvalue weighted by Crippen LogP contribution is 2.22. The Bertz CT molecular complexity index is 1070. The average molecular weight is 421 g/mol. The second-order valence-corrected chi connectivity index (χ2v) is 7.35. The molecule has 2 aromatic carbocycles. The zero-order chi connectivity index (χ0) is 21.6. The number of nitrogens with one attached hydrogen (secondary N) is 1. The third-order valence-corrected chi connectivity index (χ3v) is 5.28. The summed E-state index contributed by atoms with van der Waals surface area (Å²) in [6.07, 6.45) is 7.68. The summed E-state index contributed by atoms with van der Waals surface area (Å²) >= 11 is 0. The third kappa shape index (κ3) is 5.04. The highest BCUT2D eigenvalue weighted by molar-refractivity contribution is 6.03. The Hall–Kier alpha value is -3.36. The van der Waals surface area contributed by atoms with E-state index in [4.69, 9.17) is 4.74 Å². The highest BCUT2D eigenvalue weighted by Gasteiger charge is 2.26. The number of methoxy groups -OCH3 is 1. The second kappa shape index (κ2) is 9.63. The van der Waals surface area contributed by atoms with Gasteiger partial charge in [0.15, 0.2) is 0 Å². The number of aromatic nitrogens is 2. The summed E-state index contributed by atoms with van der Waals surface area (Å²) in [4.78, 5) is 23.6. The number of ether oxygens (including phenoxy) is 1. The molecule has 1 N–H and O–H groups in total. The molecular formula is C23H24FN5O2. The van der Waals surface area contributed by atoms with E-state index in [-0.39, 0.29) is 11.7 Å². The van der Waals surface area contributed by atoms with Crippen LogP contribution in [-0.2, 0) is 9.53 Å². The molecule has 1 aromatic heterocycles. The van der Waals surface area contributed by atoms with Crippen molar-refractivity contribution in [3.63, 3.8) is 0 Å². The number of hydrazine groups is 1. The topological polar surface area (TPSA) is 70.6 Å². The van der Waals surface area contributed by atoms with E-state index in [2.05, 4.69) is 20.3 Å². The standard InChI is InChI=1S/C23H24FN5O2/c1-31-15-21-10-12-28(21)11-2-3-23(30)29(27-19-6-4-18(24)5-7-19)20-8-9-22-17(13-20)14-25-16-26-22/h2-9,13-14,16,21,27H,10-12,15H2,1H3. The van der Waals surface area contributed by atoms with Crippen LogP contribution in [0.5, 0.6) is 0 Å². The Balaban J connectivity index is 1.54. The van der Waals surface area contributed by atoms with Gasteiger partial charge in [-0.3, -0.25) is 15.1 Å². The third-order valence-electron chi connectivity index (χ3n) is 5.28. The molecular weight excluding hydrogens is 397 g/mol. The van der Waals surface area contributed by atoms with E-state index in [9.17, 15) is 9.18 Å². The minimum Gasteiger partial charge on any atom is -0.383 e. The van der Waals surface area contributed by atoms with Crippen molar-refractivity contribution in [2.75, 3.05) is 37.2 Å². The van der Waals surface area contributed by atoms with E-state index in [0.717, 1.165) is 23.9 Å². The van der Waals surface area contributed by atoms with Crippen LogP contribution in [0.15, 0.2) is 67.1 Å². The van der Waals surface area contributed by atoms with E-state index in [0.29, 0.717) is 30.6 Å². The molecule has 3 aromatic rings. The van der Waals surface area contributed by atoms with Crippen molar-refractivity contribution >= 4 is 28.2 Å². The molecule has 0 spiro atoms. The molecule has 0 aliphatic carbocycles. The molecule has 8 heteroatoms. The van der Waals surface area contributed by atoms with Crippen molar-refractivity contribution in [2.24, 2.45) is 0 Å². The molecule has 31 heavy (non-hydrogen) atoms. The van der Waals surface area contributed by atoms with Crippen LogP contribution >= 0.6 is 0 Å². The van der Waals surface area contributed by atoms with Crippen molar-refractivity contribution in [3.05, 3.63) is 73.0 Å². The highest BCUT2D eigenvalue weighted by atomic mass is 19.1. The molecule has 7 nitrogen and oxygen atoms in total. The van der Waals surface area contributed by atoms with Gasteiger partial charge in [0, 0.05) is 43.9 Å². The molecule has 1 saturated heterocycles. The lowest BCUT2D eigenvalue weighted by atomic mass is 10.0. The largest absolute Gasteiger partial charge is 0.383 e. The van der Waals surface area contributed by atoms with Crippen LogP contribution < -0.4 is 10.4 Å². The van der Waals surface area contributed by atoms with Gasteiger partial charge in [-0.15, -0.1) is 0 Å². The molecule has 0 bridgehead atoms. The monoisotopic (exact) mass is 421 g/mol. The number of hydrogen-bond donors (Lipinski definition) is 1. The molecule has 1 aliphatic heterocycles. The summed E-state index contributed by atoms with van der Waals surface area (Å²) in [5.41, 5.74) is 5.08. The first-order valence-corrected chi connectivity index (χ1v) is 10.1. The minimum absolute atomic E-state index is 0.246. The van der Waals surface area contributed by atoms with Crippen molar-refractivity contribution in [2.45, 2.75) is 12.5 Å². The number of amides is 1. The molecule has 0 saturated carbocycles. The number of halogens is 1. The molecule has 1 aliphatic rings. The SMILES string of the molecule is COCC1CCN1CC=CC(=O)N(Nc1ccc(F)cc1)c1ccc2ncncc2c1. The van der Waals surface area contributed by atoms with Crippen LogP contribution in [0.1, 0.15) is 6.42 Å². The maximum Gasteiger partial charge on any atom is 0.269 e. The number of hydrogen-bond acceptors (Lipinski definition) is 6. The lowest BCUT2D eigenvalue weighted by molar-refractivity contribution is -0.113. The maximum absolute atomic E-state index is 13.3. The van der Waals surface area contributed by atoms with Gasteiger partial charge in [-0.1, -0.05) is 6.08 Å². The van der Waals surface area contributed by atoms with Crippen LogP contribution in [0.25, 0.3) is 10.9 Å². The lowest BCUT2D eigenvalue weighted by Crippen LogP contribution is -2.50. The molecule has 1 unspecified atom stereocenters. The first-order chi connectivity index (χ1) is 15.1. The Kier molecular flexibility index (Phi) is 6.49. The quantitative estimate of drug-likeness (QED) is 0.444. The van der Waals surface area contributed by atoms with Gasteiger partial charge in [0.05, 0.1) is 23.5 Å². The van der Waals surface area contributed by atoms with E-state index in [1.54, 1.807) is 31.5 Å². The summed E-state index contributed by atoms with van der Waals surface area (Å²) in [5.74, 6) is -0.587. The van der Waals surface area contributed by atoms with Gasteiger partial charge in [0.1, 0.15) is 12.1 Å². The van der Waals surface area contributed by atoms with Crippen LogP contribution in [0.2, 0.25) is 0 Å². The molecule has 2 heterocycles. The predicted molar refractivity (Wildman–Crippen MR) is 118 cm³/mol. The summed E-state index contributed by atoms with van der Waals surface area (Å²) < 4.78 is 18.5. The molecule has 1 amide bonds. The fourth-order valence-corrected chi connectivity index (χ4v) is 3.49. The van der Waals surface area contributed by atoms with Crippen molar-refractivity contribution < 1.29 is 13.9 Å². The maximum atomic E-state index is 13.3. The zero-order valence-electron chi connectivity index (χ0n) is 17.2. The molecule has 4 rings (SSSR count). The van der Waals surface area contributed by atoms with Crippen molar-refractivity contribution in [3.8, 4) is 0 Å². The average Bonchev–Trinajstić information content (AvgIpc) is 2.78. The van der Waals surface area contributed by atoms with Crippen molar-refractivity contribution in [1.29, 1.82) is 0 Å². The van der Waals surface area contributed by atoms with Crippen LogP contribution in [0.3, 0.4) is 0 Å². The minimum atomic E-state index is -0.341. The molecule has 1 atom stereocenters. The smallest absolute Gasteiger partial charge is 0.269 e. The fourth-order valence-electron chi connectivity index (χ4n) is 3.49. The van der Waals surface area contributed by atoms with Gasteiger partial charge >= 0.3 is 0 Å². The Labute approximate surface area is 180 Å². The van der Waals surface area contributed by atoms with E-state index < -0.39 is 0 Å². The molecule has 160 valence electrons. The van der Waals surface area contributed by atoms with Crippen LogP contribution in [0.4, 0.5) is 15.8 Å². The first kappa shape index (κ1) is 20.9. The van der Waals surface area contributed by atoms with E-state index in [1.807, 2.05) is 24.3 Å². The summed E-state index contributed by atoms with van der Waals surface area (Å²) in [6.45, 7) is 2.36. The number of likely N-dealkylation sites (tertiary alicyclic amines) is 1. The Morgan fingerprint density at radius 1 is 1.32 bits per heavy atom. The van der Waals surface area contributed by atoms with Gasteiger partial charge in [-0.05, 0) is 48.9 Å². The number of carbonyl (C=O) groups is 1. The van der Waals surface area contributed by atoms with Gasteiger partial charge < -0.3 is 4.74 Å². The summed E-state index contributed by atoms with van der Waals surface area (Å²) in [7, 11) is 1.70. The first-order valence-electron chi connectivity index (χ1n) is 10.1. The number of nitrogens with zero attached hydrogens (tertiary/aromatic N) is 4. The van der Waals surface area contributed by atoms with Gasteiger partial charge in [-0.25, -0.2) is 19.4 Å². The normalized spacial score (nSPS) is 16.4. The van der Waals surface area contributed by atoms with Crippen molar-refractivity contribution in [1.82, 2.24) is 14.9 Å². The van der Waals surface area contributed by atoms with Gasteiger partial charge in [0.25, 0.3) is 5.91 Å². The Morgan fingerprint density at radius 2 is 2.16 bits per heavy atom. The van der Waals surface area contributed by atoms with Crippen LogP contribution in [0, 0.1) is 5.82 Å². The molecule has 0 radical (unpaired) electrons. The van der Waals surface area contributed by atoms with Gasteiger partial charge in [-0.2, -0.15) is 0 Å². The zero-order valence-corrected chi connectivity index (χ0v) is 17.2. The van der Waals surface area contributed by atoms with E-state index >= 15 is 0 Å². The number of benzene rings is 2. The molecule has 1 fully saturated rings. The number of rotatable bonds is 8.